The number of rotatable bonds is 3. The minimum absolute atomic E-state index is 0.0501. The number of hydrogen-bond donors (Lipinski definition) is 2. The Morgan fingerprint density at radius 3 is 2.54 bits per heavy atom. The summed E-state index contributed by atoms with van der Waals surface area (Å²) in [7, 11) is 1.67. The summed E-state index contributed by atoms with van der Waals surface area (Å²) in [6.45, 7) is 0. The molecule has 1 saturated carbocycles. The van der Waals surface area contributed by atoms with Crippen molar-refractivity contribution in [3.05, 3.63) is 68.9 Å². The molecule has 2 aromatic carbocycles. The van der Waals surface area contributed by atoms with Gasteiger partial charge in [-0.25, -0.2) is 0 Å². The van der Waals surface area contributed by atoms with E-state index in [1.54, 1.807) is 7.05 Å². The van der Waals surface area contributed by atoms with Crippen molar-refractivity contribution >= 4 is 39.4 Å². The molecular weight excluding hydrogens is 411 g/mol. The lowest BCUT2D eigenvalue weighted by Crippen LogP contribution is -2.35. The van der Waals surface area contributed by atoms with E-state index < -0.39 is 0 Å². The molecule has 24 heavy (non-hydrogen) atoms. The first-order valence-electron chi connectivity index (χ1n) is 8.24. The number of halogens is 1. The molecule has 0 saturated heterocycles. The first-order valence-corrected chi connectivity index (χ1v) is 9.32. The van der Waals surface area contributed by atoms with Crippen LogP contribution in [0.1, 0.15) is 40.7 Å². The quantitative estimate of drug-likeness (QED) is 0.587. The highest BCUT2D eigenvalue weighted by Crippen LogP contribution is 2.51. The van der Waals surface area contributed by atoms with Crippen molar-refractivity contribution in [2.24, 2.45) is 0 Å². The molecule has 1 aliphatic rings. The van der Waals surface area contributed by atoms with Crippen LogP contribution in [0.25, 0.3) is 10.9 Å². The Balaban J connectivity index is 1.89. The predicted molar refractivity (Wildman–Crippen MR) is 105 cm³/mol. The van der Waals surface area contributed by atoms with Crippen LogP contribution in [0.4, 0.5) is 0 Å². The number of aromatic amines is 1. The van der Waals surface area contributed by atoms with Crippen molar-refractivity contribution < 1.29 is 4.79 Å². The number of aromatic nitrogens is 1. The van der Waals surface area contributed by atoms with Crippen molar-refractivity contribution in [3.8, 4) is 0 Å². The summed E-state index contributed by atoms with van der Waals surface area (Å²) in [5.74, 6) is -0.0501. The second-order valence-corrected chi connectivity index (χ2v) is 7.70. The summed E-state index contributed by atoms with van der Waals surface area (Å²) in [5, 5.41) is 3.89. The third-order valence-electron chi connectivity index (χ3n) is 5.31. The fraction of sp³-hybridized carbons (Fsp3) is 0.250. The van der Waals surface area contributed by atoms with E-state index in [1.165, 1.54) is 21.1 Å². The summed E-state index contributed by atoms with van der Waals surface area (Å²) >= 11 is 2.35. The zero-order valence-electron chi connectivity index (χ0n) is 13.5. The van der Waals surface area contributed by atoms with Gasteiger partial charge in [0.25, 0.3) is 5.91 Å². The molecule has 0 unspecified atom stereocenters. The average molecular weight is 430 g/mol. The number of H-pyrrole nitrogens is 1. The normalized spacial score (nSPS) is 15.9. The lowest BCUT2D eigenvalue weighted by molar-refractivity contribution is 0.0964. The predicted octanol–water partition coefficient (Wildman–Crippen LogP) is 4.60. The third kappa shape index (κ3) is 2.27. The van der Waals surface area contributed by atoms with Gasteiger partial charge in [0.15, 0.2) is 0 Å². The van der Waals surface area contributed by atoms with Gasteiger partial charge < -0.3 is 10.3 Å². The topological polar surface area (TPSA) is 44.9 Å². The van der Waals surface area contributed by atoms with Gasteiger partial charge in [-0.2, -0.15) is 0 Å². The van der Waals surface area contributed by atoms with Crippen LogP contribution in [0.3, 0.4) is 0 Å². The monoisotopic (exact) mass is 430 g/mol. The van der Waals surface area contributed by atoms with Gasteiger partial charge in [0, 0.05) is 27.6 Å². The standard InChI is InChI=1S/C20H19IN2O/c1-22-19(24)16-5-2-4-15-17(12-23-18(15)16)20(10-3-11-20)13-6-8-14(21)9-7-13/h2,4-9,12,23H,3,10-11H2,1H3,(H,22,24). The number of amides is 1. The molecule has 4 heteroatoms. The zero-order chi connectivity index (χ0) is 16.7. The molecule has 0 bridgehead atoms. The van der Waals surface area contributed by atoms with E-state index in [9.17, 15) is 4.79 Å². The van der Waals surface area contributed by atoms with Gasteiger partial charge in [0.1, 0.15) is 0 Å². The highest BCUT2D eigenvalue weighted by molar-refractivity contribution is 14.1. The summed E-state index contributed by atoms with van der Waals surface area (Å²) in [5.41, 5.74) is 4.40. The van der Waals surface area contributed by atoms with E-state index in [0.717, 1.165) is 23.7 Å². The molecule has 3 nitrogen and oxygen atoms in total. The van der Waals surface area contributed by atoms with E-state index in [2.05, 4.69) is 69.4 Å². The Labute approximate surface area is 155 Å². The molecule has 1 heterocycles. The maximum Gasteiger partial charge on any atom is 0.253 e. The average Bonchev–Trinajstić information content (AvgIpc) is 2.99. The van der Waals surface area contributed by atoms with E-state index >= 15 is 0 Å². The Kier molecular flexibility index (Phi) is 3.87. The number of hydrogen-bond acceptors (Lipinski definition) is 1. The molecule has 4 rings (SSSR count). The Hall–Kier alpha value is -1.82. The van der Waals surface area contributed by atoms with Crippen molar-refractivity contribution in [1.29, 1.82) is 0 Å². The highest BCUT2D eigenvalue weighted by atomic mass is 127. The lowest BCUT2D eigenvalue weighted by atomic mass is 9.60. The van der Waals surface area contributed by atoms with Crippen molar-refractivity contribution in [2.45, 2.75) is 24.7 Å². The van der Waals surface area contributed by atoms with Gasteiger partial charge >= 0.3 is 0 Å². The summed E-state index contributed by atoms with van der Waals surface area (Å²) < 4.78 is 1.26. The molecular formula is C20H19IN2O. The van der Waals surface area contributed by atoms with E-state index in [4.69, 9.17) is 0 Å². The van der Waals surface area contributed by atoms with Gasteiger partial charge in [0.05, 0.1) is 11.1 Å². The number of benzene rings is 2. The van der Waals surface area contributed by atoms with Gasteiger partial charge in [0.2, 0.25) is 0 Å². The largest absolute Gasteiger partial charge is 0.360 e. The van der Waals surface area contributed by atoms with Crippen molar-refractivity contribution in [2.75, 3.05) is 7.05 Å². The number of nitrogens with one attached hydrogen (secondary N) is 2. The molecule has 3 aromatic rings. The molecule has 0 aliphatic heterocycles. The van der Waals surface area contributed by atoms with Crippen LogP contribution in [0.15, 0.2) is 48.7 Å². The second-order valence-electron chi connectivity index (χ2n) is 6.45. The van der Waals surface area contributed by atoms with Gasteiger partial charge in [-0.05, 0) is 64.8 Å². The first kappa shape index (κ1) is 15.7. The van der Waals surface area contributed by atoms with Gasteiger partial charge in [-0.3, -0.25) is 4.79 Å². The summed E-state index contributed by atoms with van der Waals surface area (Å²) in [4.78, 5) is 15.5. The third-order valence-corrected chi connectivity index (χ3v) is 6.03. The number of fused-ring (bicyclic) bond motifs is 1. The van der Waals surface area contributed by atoms with Crippen LogP contribution in [-0.2, 0) is 5.41 Å². The molecule has 122 valence electrons. The minimum Gasteiger partial charge on any atom is -0.360 e. The zero-order valence-corrected chi connectivity index (χ0v) is 15.7. The Bertz CT molecular complexity index is 907. The molecule has 1 amide bonds. The maximum atomic E-state index is 12.1. The highest BCUT2D eigenvalue weighted by Gasteiger charge is 2.42. The van der Waals surface area contributed by atoms with E-state index in [0.29, 0.717) is 5.56 Å². The number of carbonyl (C=O) groups is 1. The Morgan fingerprint density at radius 2 is 1.92 bits per heavy atom. The minimum atomic E-state index is -0.0501. The second kappa shape index (κ2) is 5.92. The van der Waals surface area contributed by atoms with Crippen LogP contribution in [-0.4, -0.2) is 17.9 Å². The fourth-order valence-electron chi connectivity index (χ4n) is 3.89. The van der Waals surface area contributed by atoms with Crippen LogP contribution >= 0.6 is 22.6 Å². The number of para-hydroxylation sites is 1. The van der Waals surface area contributed by atoms with E-state index in [-0.39, 0.29) is 11.3 Å². The Morgan fingerprint density at radius 1 is 1.17 bits per heavy atom. The molecule has 1 fully saturated rings. The van der Waals surface area contributed by atoms with Crippen LogP contribution in [0.2, 0.25) is 0 Å². The van der Waals surface area contributed by atoms with Crippen LogP contribution in [0.5, 0.6) is 0 Å². The van der Waals surface area contributed by atoms with Gasteiger partial charge in [-0.15, -0.1) is 0 Å². The molecule has 0 atom stereocenters. The molecule has 1 aliphatic carbocycles. The first-order chi connectivity index (χ1) is 11.7. The summed E-state index contributed by atoms with van der Waals surface area (Å²) in [6, 6.07) is 14.8. The molecule has 2 N–H and O–H groups in total. The molecule has 0 spiro atoms. The molecule has 0 radical (unpaired) electrons. The SMILES string of the molecule is CNC(=O)c1cccc2c(C3(c4ccc(I)cc4)CCC3)c[nH]c12. The van der Waals surface area contributed by atoms with Crippen molar-refractivity contribution in [1.82, 2.24) is 10.3 Å². The lowest BCUT2D eigenvalue weighted by Gasteiger charge is -2.42. The van der Waals surface area contributed by atoms with Gasteiger partial charge in [-0.1, -0.05) is 30.7 Å². The smallest absolute Gasteiger partial charge is 0.253 e. The van der Waals surface area contributed by atoms with Crippen LogP contribution < -0.4 is 5.32 Å². The van der Waals surface area contributed by atoms with E-state index in [1.807, 2.05) is 12.1 Å². The van der Waals surface area contributed by atoms with Crippen LogP contribution in [0, 0.1) is 3.57 Å². The maximum absolute atomic E-state index is 12.1. The number of carbonyl (C=O) groups excluding carboxylic acids is 1. The molecule has 1 aromatic heterocycles. The fourth-order valence-corrected chi connectivity index (χ4v) is 4.25. The van der Waals surface area contributed by atoms with Crippen molar-refractivity contribution in [3.63, 3.8) is 0 Å². The summed E-state index contributed by atoms with van der Waals surface area (Å²) in [6.07, 6.45) is 5.66.